The van der Waals surface area contributed by atoms with Gasteiger partial charge < -0.3 is 19.5 Å². The third-order valence-corrected chi connectivity index (χ3v) is 5.72. The number of hydrogen-bond donors (Lipinski definition) is 1. The molecule has 2 aromatic carbocycles. The standard InChI is InChI=1S/C23H22ClNO5S/c1-4-29-23(27)21-20(15-9-11-16(28-3)12-10-15)14(2)31-22(21)25-19(26)13-30-18-8-6-5-7-17(18)24/h5-12H,4,13H2,1-3H3,(H,25,26). The van der Waals surface area contributed by atoms with Crippen LogP contribution in [0.3, 0.4) is 0 Å². The van der Waals surface area contributed by atoms with E-state index in [4.69, 9.17) is 25.8 Å². The minimum Gasteiger partial charge on any atom is -0.497 e. The molecule has 0 saturated heterocycles. The van der Waals surface area contributed by atoms with E-state index in [1.165, 1.54) is 11.3 Å². The van der Waals surface area contributed by atoms with Crippen molar-refractivity contribution < 1.29 is 23.8 Å². The summed E-state index contributed by atoms with van der Waals surface area (Å²) in [7, 11) is 1.59. The molecule has 8 heteroatoms. The van der Waals surface area contributed by atoms with Gasteiger partial charge in [0.1, 0.15) is 22.1 Å². The third-order valence-electron chi connectivity index (χ3n) is 4.39. The summed E-state index contributed by atoms with van der Waals surface area (Å²) in [6.45, 7) is 3.60. The van der Waals surface area contributed by atoms with Gasteiger partial charge in [0.05, 0.1) is 18.7 Å². The van der Waals surface area contributed by atoms with Crippen molar-refractivity contribution in [1.82, 2.24) is 0 Å². The van der Waals surface area contributed by atoms with Crippen molar-refractivity contribution in [2.75, 3.05) is 25.6 Å². The van der Waals surface area contributed by atoms with Gasteiger partial charge in [-0.3, -0.25) is 4.79 Å². The molecule has 0 radical (unpaired) electrons. The van der Waals surface area contributed by atoms with E-state index in [2.05, 4.69) is 5.32 Å². The Morgan fingerprint density at radius 2 is 1.81 bits per heavy atom. The highest BCUT2D eigenvalue weighted by Gasteiger charge is 2.25. The second-order valence-corrected chi connectivity index (χ2v) is 8.09. The van der Waals surface area contributed by atoms with Gasteiger partial charge in [-0.2, -0.15) is 0 Å². The number of hydrogen-bond acceptors (Lipinski definition) is 6. The number of anilines is 1. The number of esters is 1. The number of methoxy groups -OCH3 is 1. The Balaban J connectivity index is 1.87. The first-order valence-electron chi connectivity index (χ1n) is 9.56. The van der Waals surface area contributed by atoms with E-state index in [1.54, 1.807) is 38.3 Å². The predicted molar refractivity (Wildman–Crippen MR) is 123 cm³/mol. The molecular formula is C23H22ClNO5S. The van der Waals surface area contributed by atoms with E-state index in [9.17, 15) is 9.59 Å². The van der Waals surface area contributed by atoms with Gasteiger partial charge in [0.15, 0.2) is 6.61 Å². The number of amides is 1. The second-order valence-electron chi connectivity index (χ2n) is 6.45. The van der Waals surface area contributed by atoms with Gasteiger partial charge in [0.25, 0.3) is 5.91 Å². The maximum Gasteiger partial charge on any atom is 0.341 e. The molecule has 0 aliphatic carbocycles. The fourth-order valence-electron chi connectivity index (χ4n) is 3.00. The lowest BCUT2D eigenvalue weighted by Crippen LogP contribution is -2.21. The van der Waals surface area contributed by atoms with Crippen LogP contribution in [0, 0.1) is 6.92 Å². The Kier molecular flexibility index (Phi) is 7.55. The SMILES string of the molecule is CCOC(=O)c1c(NC(=O)COc2ccccc2Cl)sc(C)c1-c1ccc(OC)cc1. The molecule has 1 aromatic heterocycles. The Labute approximate surface area is 189 Å². The minimum absolute atomic E-state index is 0.221. The van der Waals surface area contributed by atoms with Crippen LogP contribution in [-0.4, -0.2) is 32.2 Å². The smallest absolute Gasteiger partial charge is 0.341 e. The topological polar surface area (TPSA) is 73.9 Å². The summed E-state index contributed by atoms with van der Waals surface area (Å²) in [4.78, 5) is 26.2. The van der Waals surface area contributed by atoms with Crippen molar-refractivity contribution in [2.24, 2.45) is 0 Å². The van der Waals surface area contributed by atoms with Crippen molar-refractivity contribution in [3.8, 4) is 22.6 Å². The first-order chi connectivity index (χ1) is 14.9. The Hall–Kier alpha value is -3.03. The predicted octanol–water partition coefficient (Wildman–Crippen LogP) is 5.58. The zero-order valence-corrected chi connectivity index (χ0v) is 18.9. The van der Waals surface area contributed by atoms with E-state index in [-0.39, 0.29) is 13.2 Å². The maximum absolute atomic E-state index is 12.8. The first kappa shape index (κ1) is 22.7. The summed E-state index contributed by atoms with van der Waals surface area (Å²) in [5.41, 5.74) is 1.86. The van der Waals surface area contributed by atoms with Gasteiger partial charge in [0.2, 0.25) is 0 Å². The number of aryl methyl sites for hydroxylation is 1. The number of benzene rings is 2. The van der Waals surface area contributed by atoms with Crippen LogP contribution >= 0.6 is 22.9 Å². The van der Waals surface area contributed by atoms with Gasteiger partial charge in [0, 0.05) is 10.4 Å². The molecule has 1 amide bonds. The van der Waals surface area contributed by atoms with Gasteiger partial charge >= 0.3 is 5.97 Å². The van der Waals surface area contributed by atoms with Gasteiger partial charge in [-0.05, 0) is 43.7 Å². The molecule has 31 heavy (non-hydrogen) atoms. The molecule has 3 rings (SSSR count). The van der Waals surface area contributed by atoms with E-state index < -0.39 is 11.9 Å². The molecule has 1 N–H and O–H groups in total. The number of thiophene rings is 1. The number of rotatable bonds is 8. The maximum atomic E-state index is 12.8. The lowest BCUT2D eigenvalue weighted by Gasteiger charge is -2.10. The lowest BCUT2D eigenvalue weighted by molar-refractivity contribution is -0.118. The molecule has 0 unspecified atom stereocenters. The fourth-order valence-corrected chi connectivity index (χ4v) is 4.27. The Bertz CT molecular complexity index is 1080. The van der Waals surface area contributed by atoms with Crippen LogP contribution in [0.1, 0.15) is 22.2 Å². The summed E-state index contributed by atoms with van der Waals surface area (Å²) in [5.74, 6) is 0.207. The summed E-state index contributed by atoms with van der Waals surface area (Å²) < 4.78 is 16.0. The molecule has 0 fully saturated rings. The van der Waals surface area contributed by atoms with Crippen LogP contribution in [0.4, 0.5) is 5.00 Å². The van der Waals surface area contributed by atoms with E-state index in [1.807, 2.05) is 31.2 Å². The van der Waals surface area contributed by atoms with Gasteiger partial charge in [-0.1, -0.05) is 35.9 Å². The van der Waals surface area contributed by atoms with Crippen molar-refractivity contribution in [3.05, 3.63) is 64.0 Å². The second kappa shape index (κ2) is 10.3. The number of halogens is 1. The number of carbonyl (C=O) groups excluding carboxylic acids is 2. The van der Waals surface area contributed by atoms with Crippen LogP contribution in [0.25, 0.3) is 11.1 Å². The molecule has 0 spiro atoms. The molecule has 3 aromatic rings. The summed E-state index contributed by atoms with van der Waals surface area (Å²) in [6, 6.07) is 14.3. The molecule has 0 bridgehead atoms. The van der Waals surface area contributed by atoms with Crippen LogP contribution < -0.4 is 14.8 Å². The highest BCUT2D eigenvalue weighted by atomic mass is 35.5. The molecular weight excluding hydrogens is 438 g/mol. The number of ether oxygens (including phenoxy) is 3. The quantitative estimate of drug-likeness (QED) is 0.445. The highest BCUT2D eigenvalue weighted by molar-refractivity contribution is 7.17. The number of nitrogens with one attached hydrogen (secondary N) is 1. The summed E-state index contributed by atoms with van der Waals surface area (Å²) >= 11 is 7.37. The monoisotopic (exact) mass is 459 g/mol. The lowest BCUT2D eigenvalue weighted by atomic mass is 10.0. The number of carbonyl (C=O) groups is 2. The molecule has 6 nitrogen and oxygen atoms in total. The average Bonchev–Trinajstić information content (AvgIpc) is 3.09. The molecule has 0 aliphatic rings. The molecule has 1 heterocycles. The van der Waals surface area contributed by atoms with Gasteiger partial charge in [-0.25, -0.2) is 4.79 Å². The normalized spacial score (nSPS) is 10.5. The molecule has 0 aliphatic heterocycles. The van der Waals surface area contributed by atoms with Crippen LogP contribution in [0.15, 0.2) is 48.5 Å². The highest BCUT2D eigenvalue weighted by Crippen LogP contribution is 2.40. The summed E-state index contributed by atoms with van der Waals surface area (Å²) in [5, 5.41) is 3.60. The third kappa shape index (κ3) is 5.37. The van der Waals surface area contributed by atoms with Gasteiger partial charge in [-0.15, -0.1) is 11.3 Å². The fraction of sp³-hybridized carbons (Fsp3) is 0.217. The average molecular weight is 460 g/mol. The van der Waals surface area contributed by atoms with Crippen molar-refractivity contribution in [3.63, 3.8) is 0 Å². The molecule has 0 atom stereocenters. The van der Waals surface area contributed by atoms with Crippen molar-refractivity contribution in [1.29, 1.82) is 0 Å². The van der Waals surface area contributed by atoms with Crippen LogP contribution in [-0.2, 0) is 9.53 Å². The Morgan fingerprint density at radius 3 is 2.45 bits per heavy atom. The van der Waals surface area contributed by atoms with E-state index in [0.717, 1.165) is 10.4 Å². The molecule has 162 valence electrons. The number of para-hydroxylation sites is 1. The molecule has 0 saturated carbocycles. The Morgan fingerprint density at radius 1 is 1.10 bits per heavy atom. The van der Waals surface area contributed by atoms with E-state index >= 15 is 0 Å². The van der Waals surface area contributed by atoms with Crippen LogP contribution in [0.2, 0.25) is 5.02 Å². The summed E-state index contributed by atoms with van der Waals surface area (Å²) in [6.07, 6.45) is 0. The zero-order valence-electron chi connectivity index (χ0n) is 17.4. The van der Waals surface area contributed by atoms with Crippen molar-refractivity contribution >= 4 is 39.8 Å². The van der Waals surface area contributed by atoms with Crippen molar-refractivity contribution in [2.45, 2.75) is 13.8 Å². The van der Waals surface area contributed by atoms with Crippen LogP contribution in [0.5, 0.6) is 11.5 Å². The first-order valence-corrected chi connectivity index (χ1v) is 10.8. The van der Waals surface area contributed by atoms with E-state index in [0.29, 0.717) is 32.6 Å². The largest absolute Gasteiger partial charge is 0.497 e. The minimum atomic E-state index is -0.500. The zero-order chi connectivity index (χ0) is 22.4.